The minimum Gasteiger partial charge on any atom is -0.493 e. The fourth-order valence-corrected chi connectivity index (χ4v) is 3.79. The molecule has 1 aliphatic rings. The molecule has 2 atom stereocenters. The highest BCUT2D eigenvalue weighted by molar-refractivity contribution is 5.95. The molecule has 0 saturated carbocycles. The van der Waals surface area contributed by atoms with Crippen molar-refractivity contribution in [2.24, 2.45) is 11.8 Å². The maximum atomic E-state index is 12.5. The second-order valence-corrected chi connectivity index (χ2v) is 7.23. The molecule has 0 radical (unpaired) electrons. The van der Waals surface area contributed by atoms with Crippen molar-refractivity contribution in [2.75, 3.05) is 47.5 Å². The van der Waals surface area contributed by atoms with Crippen LogP contribution in [0.4, 0.5) is 0 Å². The lowest BCUT2D eigenvalue weighted by Crippen LogP contribution is -2.40. The van der Waals surface area contributed by atoms with Crippen molar-refractivity contribution >= 4 is 5.91 Å². The van der Waals surface area contributed by atoms with E-state index in [1.165, 1.54) is 6.42 Å². The lowest BCUT2D eigenvalue weighted by molar-refractivity contribution is 0.0946. The van der Waals surface area contributed by atoms with E-state index in [1.54, 1.807) is 33.5 Å². The first-order valence-corrected chi connectivity index (χ1v) is 9.29. The van der Waals surface area contributed by atoms with Crippen molar-refractivity contribution < 1.29 is 19.0 Å². The van der Waals surface area contributed by atoms with Gasteiger partial charge in [-0.2, -0.15) is 0 Å². The molecule has 6 heteroatoms. The molecule has 26 heavy (non-hydrogen) atoms. The third kappa shape index (κ3) is 5.27. The molecule has 6 nitrogen and oxygen atoms in total. The van der Waals surface area contributed by atoms with Gasteiger partial charge in [0.05, 0.1) is 21.3 Å². The van der Waals surface area contributed by atoms with Crippen LogP contribution in [0, 0.1) is 11.8 Å². The zero-order valence-corrected chi connectivity index (χ0v) is 16.6. The monoisotopic (exact) mass is 364 g/mol. The average Bonchev–Trinajstić information content (AvgIpc) is 2.62. The van der Waals surface area contributed by atoms with E-state index in [1.807, 2.05) is 0 Å². The van der Waals surface area contributed by atoms with Gasteiger partial charge in [-0.1, -0.05) is 13.8 Å². The number of carbonyl (C=O) groups is 1. The summed E-state index contributed by atoms with van der Waals surface area (Å²) in [6.45, 7) is 8.61. The molecular formula is C20H32N2O4. The lowest BCUT2D eigenvalue weighted by Gasteiger charge is -2.34. The van der Waals surface area contributed by atoms with Crippen LogP contribution >= 0.6 is 0 Å². The predicted molar refractivity (Wildman–Crippen MR) is 102 cm³/mol. The first-order chi connectivity index (χ1) is 12.5. The minimum absolute atomic E-state index is 0.135. The van der Waals surface area contributed by atoms with Crippen LogP contribution in [0.15, 0.2) is 12.1 Å². The summed E-state index contributed by atoms with van der Waals surface area (Å²) in [5, 5.41) is 2.98. The molecule has 0 spiro atoms. The number of piperidine rings is 1. The van der Waals surface area contributed by atoms with Gasteiger partial charge in [0.25, 0.3) is 5.91 Å². The molecule has 1 aliphatic heterocycles. The van der Waals surface area contributed by atoms with Crippen molar-refractivity contribution in [3.05, 3.63) is 17.7 Å². The van der Waals surface area contributed by atoms with Gasteiger partial charge in [0.15, 0.2) is 11.5 Å². The van der Waals surface area contributed by atoms with E-state index >= 15 is 0 Å². The Bertz CT molecular complexity index is 570. The third-order valence-electron chi connectivity index (χ3n) is 4.81. The number of ether oxygens (including phenoxy) is 3. The first kappa shape index (κ1) is 20.4. The van der Waals surface area contributed by atoms with Crippen molar-refractivity contribution in [2.45, 2.75) is 26.7 Å². The van der Waals surface area contributed by atoms with Crippen LogP contribution in [0.2, 0.25) is 0 Å². The number of amides is 1. The quantitative estimate of drug-likeness (QED) is 0.719. The summed E-state index contributed by atoms with van der Waals surface area (Å²) in [4.78, 5) is 15.0. The number of hydrogen-bond acceptors (Lipinski definition) is 5. The van der Waals surface area contributed by atoms with E-state index in [2.05, 4.69) is 24.1 Å². The Morgan fingerprint density at radius 1 is 1.08 bits per heavy atom. The van der Waals surface area contributed by atoms with Crippen molar-refractivity contribution in [1.82, 2.24) is 10.2 Å². The van der Waals surface area contributed by atoms with Gasteiger partial charge in [0, 0.05) is 25.2 Å². The van der Waals surface area contributed by atoms with Gasteiger partial charge in [0.2, 0.25) is 5.75 Å². The van der Waals surface area contributed by atoms with Gasteiger partial charge in [-0.25, -0.2) is 0 Å². The summed E-state index contributed by atoms with van der Waals surface area (Å²) in [5.74, 6) is 2.83. The molecule has 146 valence electrons. The van der Waals surface area contributed by atoms with Crippen molar-refractivity contribution in [1.29, 1.82) is 0 Å². The van der Waals surface area contributed by atoms with Crippen LogP contribution in [0.3, 0.4) is 0 Å². The molecule has 2 rings (SSSR count). The van der Waals surface area contributed by atoms with E-state index in [9.17, 15) is 4.79 Å². The Kier molecular flexibility index (Phi) is 7.57. The zero-order chi connectivity index (χ0) is 19.1. The standard InChI is InChI=1S/C20H32N2O4/c1-14-9-15(2)13-22(12-14)8-6-7-21-20(23)16-10-17(24-3)19(26-5)18(11-16)25-4/h10-11,14-15H,6-9,12-13H2,1-5H3,(H,21,23)/t14-,15+. The Hall–Kier alpha value is -1.95. The molecule has 1 amide bonds. The topological polar surface area (TPSA) is 60.0 Å². The summed E-state index contributed by atoms with van der Waals surface area (Å²) in [6.07, 6.45) is 2.25. The summed E-state index contributed by atoms with van der Waals surface area (Å²) < 4.78 is 15.9. The van der Waals surface area contributed by atoms with Crippen LogP contribution in [-0.4, -0.2) is 58.3 Å². The third-order valence-corrected chi connectivity index (χ3v) is 4.81. The molecule has 1 fully saturated rings. The van der Waals surface area contributed by atoms with Gasteiger partial charge >= 0.3 is 0 Å². The molecule has 0 aliphatic carbocycles. The Labute approximate surface area is 156 Å². The lowest BCUT2D eigenvalue weighted by atomic mass is 9.92. The fourth-order valence-electron chi connectivity index (χ4n) is 3.79. The smallest absolute Gasteiger partial charge is 0.251 e. The molecule has 0 unspecified atom stereocenters. The molecule has 1 aromatic rings. The van der Waals surface area contributed by atoms with Gasteiger partial charge in [-0.15, -0.1) is 0 Å². The second kappa shape index (κ2) is 9.67. The molecule has 1 heterocycles. The maximum Gasteiger partial charge on any atom is 0.251 e. The number of carbonyl (C=O) groups excluding carboxylic acids is 1. The molecule has 1 saturated heterocycles. The van der Waals surface area contributed by atoms with E-state index in [4.69, 9.17) is 14.2 Å². The predicted octanol–water partition coefficient (Wildman–Crippen LogP) is 2.81. The SMILES string of the molecule is COc1cc(C(=O)NCCCN2C[C@H](C)C[C@H](C)C2)cc(OC)c1OC. The van der Waals surface area contributed by atoms with Crippen LogP contribution in [-0.2, 0) is 0 Å². The average molecular weight is 364 g/mol. The van der Waals surface area contributed by atoms with Crippen LogP contribution in [0.1, 0.15) is 37.0 Å². The van der Waals surface area contributed by atoms with Crippen molar-refractivity contribution in [3.8, 4) is 17.2 Å². The number of nitrogens with one attached hydrogen (secondary N) is 1. The molecule has 0 aromatic heterocycles. The van der Waals surface area contributed by atoms with E-state index in [0.717, 1.165) is 37.9 Å². The van der Waals surface area contributed by atoms with Crippen LogP contribution in [0.5, 0.6) is 17.2 Å². The normalized spacial score (nSPS) is 20.5. The number of hydrogen-bond donors (Lipinski definition) is 1. The minimum atomic E-state index is -0.135. The van der Waals surface area contributed by atoms with Crippen LogP contribution < -0.4 is 19.5 Å². The highest BCUT2D eigenvalue weighted by Gasteiger charge is 2.21. The second-order valence-electron chi connectivity index (χ2n) is 7.23. The highest BCUT2D eigenvalue weighted by atomic mass is 16.5. The number of likely N-dealkylation sites (tertiary alicyclic amines) is 1. The van der Waals surface area contributed by atoms with Gasteiger partial charge < -0.3 is 24.4 Å². The summed E-state index contributed by atoms with van der Waals surface area (Å²) in [5.41, 5.74) is 0.500. The summed E-state index contributed by atoms with van der Waals surface area (Å²) >= 11 is 0. The first-order valence-electron chi connectivity index (χ1n) is 9.29. The zero-order valence-electron chi connectivity index (χ0n) is 16.6. The van der Waals surface area contributed by atoms with E-state index in [0.29, 0.717) is 29.4 Å². The number of nitrogens with zero attached hydrogens (tertiary/aromatic N) is 1. The molecule has 1 aromatic carbocycles. The molecular weight excluding hydrogens is 332 g/mol. The van der Waals surface area contributed by atoms with Gasteiger partial charge in [-0.05, 0) is 43.4 Å². The fraction of sp³-hybridized carbons (Fsp3) is 0.650. The number of rotatable bonds is 8. The van der Waals surface area contributed by atoms with E-state index < -0.39 is 0 Å². The number of methoxy groups -OCH3 is 3. The Morgan fingerprint density at radius 3 is 2.15 bits per heavy atom. The number of benzene rings is 1. The molecule has 1 N–H and O–H groups in total. The Balaban J connectivity index is 1.88. The van der Waals surface area contributed by atoms with Crippen LogP contribution in [0.25, 0.3) is 0 Å². The summed E-state index contributed by atoms with van der Waals surface area (Å²) in [7, 11) is 4.63. The maximum absolute atomic E-state index is 12.5. The molecule has 0 bridgehead atoms. The summed E-state index contributed by atoms with van der Waals surface area (Å²) in [6, 6.07) is 3.34. The largest absolute Gasteiger partial charge is 0.493 e. The van der Waals surface area contributed by atoms with Gasteiger partial charge in [0.1, 0.15) is 0 Å². The van der Waals surface area contributed by atoms with Crippen molar-refractivity contribution in [3.63, 3.8) is 0 Å². The Morgan fingerprint density at radius 2 is 1.65 bits per heavy atom. The van der Waals surface area contributed by atoms with E-state index in [-0.39, 0.29) is 5.91 Å². The highest BCUT2D eigenvalue weighted by Crippen LogP contribution is 2.38. The van der Waals surface area contributed by atoms with Gasteiger partial charge in [-0.3, -0.25) is 4.79 Å².